The number of hydrogen-bond acceptors (Lipinski definition) is 4. The first-order valence-electron chi connectivity index (χ1n) is 13.2. The van der Waals surface area contributed by atoms with Crippen molar-refractivity contribution in [3.63, 3.8) is 0 Å². The number of aliphatic hydroxyl groups is 1. The Labute approximate surface area is 203 Å². The molecule has 0 aromatic carbocycles. The monoisotopic (exact) mass is 467 g/mol. The highest BCUT2D eigenvalue weighted by Crippen LogP contribution is 2.43. The Morgan fingerprint density at radius 3 is 2.41 bits per heavy atom. The summed E-state index contributed by atoms with van der Waals surface area (Å²) in [7, 11) is 0. The number of hydrogen-bond donors (Lipinski definition) is 2. The molecule has 0 aromatic rings. The molecule has 0 bridgehead atoms. The molecule has 2 aliphatic heterocycles. The predicted molar refractivity (Wildman–Crippen MR) is 137 cm³/mol. The summed E-state index contributed by atoms with van der Waals surface area (Å²) in [6.07, 6.45) is 9.58. The Hall–Kier alpha value is -0.130. The van der Waals surface area contributed by atoms with E-state index >= 15 is 0 Å². The van der Waals surface area contributed by atoms with Crippen LogP contribution in [0.15, 0.2) is 12.2 Å². The molecule has 2 saturated heterocycles. The van der Waals surface area contributed by atoms with Crippen LogP contribution in [0.2, 0.25) is 0 Å². The number of halogens is 1. The molecular weight excluding hydrogens is 418 g/mol. The minimum atomic E-state index is -0.596. The Morgan fingerprint density at radius 2 is 1.81 bits per heavy atom. The van der Waals surface area contributed by atoms with Crippen LogP contribution < -0.4 is 5.32 Å². The molecule has 2 fully saturated rings. The average molecular weight is 468 g/mol. The highest BCUT2D eigenvalue weighted by Gasteiger charge is 2.40. The van der Waals surface area contributed by atoms with E-state index in [0.29, 0.717) is 29.2 Å². The van der Waals surface area contributed by atoms with Gasteiger partial charge in [-0.25, -0.2) is 0 Å². The summed E-state index contributed by atoms with van der Waals surface area (Å²) in [6, 6.07) is 0.539. The number of nitrogens with zero attached hydrogens (tertiary/aromatic N) is 2. The maximum absolute atomic E-state index is 10.1. The fraction of sp³-hybridized carbons (Fsp3) is 0.926. The minimum Gasteiger partial charge on any atom is -0.389 e. The molecule has 0 radical (unpaired) electrons. The van der Waals surface area contributed by atoms with Crippen LogP contribution >= 0.6 is 11.6 Å². The highest BCUT2D eigenvalue weighted by atomic mass is 35.5. The Bertz CT molecular complexity index is 615. The summed E-state index contributed by atoms with van der Waals surface area (Å²) in [4.78, 5) is 5.15. The van der Waals surface area contributed by atoms with E-state index in [1.807, 2.05) is 13.8 Å². The van der Waals surface area contributed by atoms with Crippen LogP contribution in [-0.2, 0) is 0 Å². The molecule has 1 aliphatic carbocycles. The molecule has 2 heterocycles. The Kier molecular flexibility index (Phi) is 9.16. The van der Waals surface area contributed by atoms with E-state index in [4.69, 9.17) is 11.6 Å². The minimum absolute atomic E-state index is 0.245. The number of β-amino-alcohol motifs (C(OH)–C–C–N with tert-alkyl or cyclic N) is 1. The molecule has 2 unspecified atom stereocenters. The van der Waals surface area contributed by atoms with Crippen molar-refractivity contribution in [1.82, 2.24) is 15.1 Å². The van der Waals surface area contributed by atoms with Gasteiger partial charge in [-0.15, -0.1) is 11.6 Å². The number of nitrogens with one attached hydrogen (secondary N) is 1. The molecule has 186 valence electrons. The van der Waals surface area contributed by atoms with Crippen LogP contribution in [0.5, 0.6) is 0 Å². The Morgan fingerprint density at radius 1 is 1.09 bits per heavy atom. The van der Waals surface area contributed by atoms with Gasteiger partial charge in [-0.05, 0) is 88.3 Å². The van der Waals surface area contributed by atoms with Gasteiger partial charge in [0.05, 0.1) is 11.0 Å². The number of likely N-dealkylation sites (tertiary alicyclic amines) is 2. The van der Waals surface area contributed by atoms with Crippen molar-refractivity contribution in [2.45, 2.75) is 84.2 Å². The highest BCUT2D eigenvalue weighted by molar-refractivity contribution is 6.21. The third kappa shape index (κ3) is 7.70. The molecule has 4 nitrogen and oxygen atoms in total. The summed E-state index contributed by atoms with van der Waals surface area (Å²) in [5.74, 6) is 2.80. The van der Waals surface area contributed by atoms with Gasteiger partial charge in [-0.2, -0.15) is 0 Å². The molecule has 5 heteroatoms. The average Bonchev–Trinajstić information content (AvgIpc) is 3.10. The van der Waals surface area contributed by atoms with Crippen LogP contribution in [0, 0.1) is 29.1 Å². The second-order valence-corrected chi connectivity index (χ2v) is 13.3. The van der Waals surface area contributed by atoms with Crippen LogP contribution in [-0.4, -0.2) is 77.7 Å². The topological polar surface area (TPSA) is 38.7 Å². The molecule has 2 N–H and O–H groups in total. The quantitative estimate of drug-likeness (QED) is 0.383. The number of piperidine rings is 1. The Balaban J connectivity index is 1.48. The lowest BCUT2D eigenvalue weighted by atomic mass is 9.65. The fourth-order valence-electron chi connectivity index (χ4n) is 6.45. The van der Waals surface area contributed by atoms with Crippen LogP contribution in [0.1, 0.15) is 67.2 Å². The first-order chi connectivity index (χ1) is 14.9. The van der Waals surface area contributed by atoms with Crippen LogP contribution in [0.4, 0.5) is 0 Å². The lowest BCUT2D eigenvalue weighted by molar-refractivity contribution is 0.0217. The molecule has 0 amide bonds. The number of alkyl halides is 1. The molecule has 5 atom stereocenters. The second kappa shape index (κ2) is 11.1. The van der Waals surface area contributed by atoms with Crippen molar-refractivity contribution in [3.05, 3.63) is 12.2 Å². The maximum atomic E-state index is 10.1. The third-order valence-electron chi connectivity index (χ3n) is 8.16. The standard InChI is InChI=1S/C27H50ClN3O/c1-20(2)25(29-15-21-11-13-30(16-21)19-27(5,6)32)17-31-14-12-24(26(3,4)18-31)22-7-9-23(28)10-8-22/h7,9,20-25,29,32H,8,10-19H2,1-6H3/t21-,22?,23?,24+,25-/m0/s1. The number of rotatable bonds is 9. The van der Waals surface area contributed by atoms with E-state index in [-0.39, 0.29) is 5.38 Å². The van der Waals surface area contributed by atoms with Gasteiger partial charge in [0.2, 0.25) is 0 Å². The molecule has 3 rings (SSSR count). The van der Waals surface area contributed by atoms with Gasteiger partial charge in [0.25, 0.3) is 0 Å². The summed E-state index contributed by atoms with van der Waals surface area (Å²) in [5.41, 5.74) is -0.252. The lowest BCUT2D eigenvalue weighted by Gasteiger charge is -2.48. The van der Waals surface area contributed by atoms with Crippen molar-refractivity contribution in [2.24, 2.45) is 29.1 Å². The SMILES string of the molecule is CC(C)[C@H](CN1CC[C@H](C2C=CC(Cl)CC2)C(C)(C)C1)NC[C@@H]1CCN(CC(C)(C)O)C1. The lowest BCUT2D eigenvalue weighted by Crippen LogP contribution is -2.53. The molecule has 0 spiro atoms. The normalized spacial score (nSPS) is 33.2. The van der Waals surface area contributed by atoms with Crippen molar-refractivity contribution in [2.75, 3.05) is 45.8 Å². The van der Waals surface area contributed by atoms with Gasteiger partial charge in [0.1, 0.15) is 0 Å². The zero-order valence-corrected chi connectivity index (χ0v) is 22.4. The van der Waals surface area contributed by atoms with E-state index in [9.17, 15) is 5.11 Å². The van der Waals surface area contributed by atoms with Gasteiger partial charge < -0.3 is 20.2 Å². The summed E-state index contributed by atoms with van der Waals surface area (Å²) < 4.78 is 0. The maximum Gasteiger partial charge on any atom is 0.0718 e. The number of allylic oxidation sites excluding steroid dienone is 2. The first kappa shape index (κ1) is 26.5. The smallest absolute Gasteiger partial charge is 0.0718 e. The van der Waals surface area contributed by atoms with Crippen molar-refractivity contribution in [3.8, 4) is 0 Å². The van der Waals surface area contributed by atoms with E-state index in [1.165, 1.54) is 32.4 Å². The third-order valence-corrected chi connectivity index (χ3v) is 8.52. The van der Waals surface area contributed by atoms with E-state index < -0.39 is 5.60 Å². The summed E-state index contributed by atoms with van der Waals surface area (Å²) >= 11 is 6.30. The molecule has 32 heavy (non-hydrogen) atoms. The van der Waals surface area contributed by atoms with Gasteiger partial charge >= 0.3 is 0 Å². The van der Waals surface area contributed by atoms with E-state index in [1.54, 1.807) is 0 Å². The van der Waals surface area contributed by atoms with Gasteiger partial charge in [0, 0.05) is 32.2 Å². The van der Waals surface area contributed by atoms with Gasteiger partial charge in [-0.3, -0.25) is 0 Å². The first-order valence-corrected chi connectivity index (χ1v) is 13.6. The van der Waals surface area contributed by atoms with E-state index in [2.05, 4.69) is 55.0 Å². The van der Waals surface area contributed by atoms with Gasteiger partial charge in [-0.1, -0.05) is 39.8 Å². The van der Waals surface area contributed by atoms with Crippen molar-refractivity contribution < 1.29 is 5.11 Å². The zero-order valence-electron chi connectivity index (χ0n) is 21.6. The molecule has 3 aliphatic rings. The molecular formula is C27H50ClN3O. The molecule has 0 saturated carbocycles. The zero-order chi connectivity index (χ0) is 23.5. The van der Waals surface area contributed by atoms with Crippen molar-refractivity contribution >= 4 is 11.6 Å². The van der Waals surface area contributed by atoms with E-state index in [0.717, 1.165) is 45.1 Å². The van der Waals surface area contributed by atoms with Crippen molar-refractivity contribution in [1.29, 1.82) is 0 Å². The van der Waals surface area contributed by atoms with Crippen LogP contribution in [0.25, 0.3) is 0 Å². The summed E-state index contributed by atoms with van der Waals surface area (Å²) in [5, 5.41) is 14.3. The second-order valence-electron chi connectivity index (χ2n) is 12.7. The molecule has 0 aromatic heterocycles. The fourth-order valence-corrected chi connectivity index (χ4v) is 6.66. The summed E-state index contributed by atoms with van der Waals surface area (Å²) in [6.45, 7) is 21.2. The largest absolute Gasteiger partial charge is 0.389 e. The van der Waals surface area contributed by atoms with Crippen LogP contribution in [0.3, 0.4) is 0 Å². The predicted octanol–water partition coefficient (Wildman–Crippen LogP) is 4.62. The van der Waals surface area contributed by atoms with Gasteiger partial charge in [0.15, 0.2) is 0 Å².